The van der Waals surface area contributed by atoms with Gasteiger partial charge in [-0.15, -0.1) is 0 Å². The van der Waals surface area contributed by atoms with Gasteiger partial charge in [0.2, 0.25) is 0 Å². The molecule has 0 spiro atoms. The fourth-order valence-corrected chi connectivity index (χ4v) is 4.22. The molecule has 0 saturated heterocycles. The topological polar surface area (TPSA) is 43.4 Å². The second-order valence-corrected chi connectivity index (χ2v) is 8.17. The second kappa shape index (κ2) is 12.9. The van der Waals surface area contributed by atoms with Gasteiger partial charge in [0.05, 0.1) is 6.61 Å². The number of rotatable bonds is 12. The molecule has 0 aliphatic carbocycles. The Labute approximate surface area is 180 Å². The Morgan fingerprint density at radius 3 is 2.04 bits per heavy atom. The van der Waals surface area contributed by atoms with Crippen molar-refractivity contribution in [2.75, 3.05) is 6.61 Å². The van der Waals surface area contributed by atoms with Crippen molar-refractivity contribution in [3.05, 3.63) is 42.5 Å². The van der Waals surface area contributed by atoms with E-state index in [9.17, 15) is 8.42 Å². The van der Waals surface area contributed by atoms with Gasteiger partial charge in [0, 0.05) is 34.9 Å². The Morgan fingerprint density at radius 2 is 1.35 bits per heavy atom. The van der Waals surface area contributed by atoms with E-state index >= 15 is 0 Å². The van der Waals surface area contributed by atoms with Gasteiger partial charge in [-0.1, -0.05) is 94.7 Å². The van der Waals surface area contributed by atoms with Crippen LogP contribution in [0.3, 0.4) is 0 Å². The number of benzene rings is 2. The third-order valence-electron chi connectivity index (χ3n) is 4.51. The second-order valence-electron chi connectivity index (χ2n) is 6.58. The largest absolute Gasteiger partial charge is 0.297 e. The van der Waals surface area contributed by atoms with E-state index in [4.69, 9.17) is 4.18 Å². The molecular formula is C21H30NaO3S. The molecule has 0 bridgehead atoms. The number of unbranched alkanes of at least 4 members (excludes halogenated alkanes) is 8. The van der Waals surface area contributed by atoms with Gasteiger partial charge >= 0.3 is 0 Å². The Bertz CT molecular complexity index is 739. The molecule has 0 heterocycles. The quantitative estimate of drug-likeness (QED) is 0.268. The van der Waals surface area contributed by atoms with E-state index in [0.29, 0.717) is 0 Å². The number of hydrogen-bond donors (Lipinski definition) is 0. The van der Waals surface area contributed by atoms with Crippen molar-refractivity contribution in [3.8, 4) is 0 Å². The van der Waals surface area contributed by atoms with Crippen LogP contribution in [0.5, 0.6) is 0 Å². The molecule has 2 aromatic rings. The first-order chi connectivity index (χ1) is 12.1. The maximum absolute atomic E-state index is 12.5. The Hall–Kier alpha value is -0.390. The Balaban J connectivity index is 0.00000338. The summed E-state index contributed by atoms with van der Waals surface area (Å²) >= 11 is 0. The maximum atomic E-state index is 12.5. The Kier molecular flexibility index (Phi) is 11.7. The smallest absolute Gasteiger partial charge is 0.266 e. The minimum Gasteiger partial charge on any atom is -0.266 e. The summed E-state index contributed by atoms with van der Waals surface area (Å²) in [5, 5.41) is 1.63. The van der Waals surface area contributed by atoms with Gasteiger partial charge in [-0.05, 0) is 17.9 Å². The summed E-state index contributed by atoms with van der Waals surface area (Å²) in [4.78, 5) is 0.265. The fourth-order valence-electron chi connectivity index (χ4n) is 3.06. The summed E-state index contributed by atoms with van der Waals surface area (Å²) in [6.45, 7) is 2.49. The van der Waals surface area contributed by atoms with Crippen molar-refractivity contribution in [1.82, 2.24) is 0 Å². The standard InChI is InChI=1S/C21H30O3S.Na/c1-2-3-4-5-6-7-8-9-12-18-24-25(22,23)21-17-13-15-19-14-10-11-16-20(19)21;/h10-11,13-17H,2-9,12,18H2,1H3;. The van der Waals surface area contributed by atoms with E-state index in [1.165, 1.54) is 38.5 Å². The minimum atomic E-state index is -3.69. The molecule has 26 heavy (non-hydrogen) atoms. The van der Waals surface area contributed by atoms with Crippen LogP contribution in [0.1, 0.15) is 64.7 Å². The van der Waals surface area contributed by atoms with Crippen molar-refractivity contribution in [2.45, 2.75) is 69.6 Å². The zero-order chi connectivity index (χ0) is 18.0. The molecule has 1 radical (unpaired) electrons. The first-order valence-electron chi connectivity index (χ1n) is 9.52. The normalized spacial score (nSPS) is 11.4. The van der Waals surface area contributed by atoms with E-state index in [1.807, 2.05) is 30.3 Å². The fraction of sp³-hybridized carbons (Fsp3) is 0.524. The molecule has 0 N–H and O–H groups in total. The summed E-state index contributed by atoms with van der Waals surface area (Å²) in [6, 6.07) is 12.8. The molecule has 3 nitrogen and oxygen atoms in total. The number of fused-ring (bicyclic) bond motifs is 1. The van der Waals surface area contributed by atoms with Gasteiger partial charge in [0.15, 0.2) is 0 Å². The van der Waals surface area contributed by atoms with Crippen molar-refractivity contribution in [3.63, 3.8) is 0 Å². The van der Waals surface area contributed by atoms with Gasteiger partial charge in [-0.25, -0.2) is 0 Å². The van der Waals surface area contributed by atoms with Crippen LogP contribution in [0, 0.1) is 0 Å². The minimum absolute atomic E-state index is 0. The van der Waals surface area contributed by atoms with Crippen molar-refractivity contribution >= 4 is 50.4 Å². The molecule has 0 amide bonds. The zero-order valence-corrected chi connectivity index (χ0v) is 19.1. The molecule has 2 aromatic carbocycles. The molecule has 0 aliphatic rings. The molecule has 0 aliphatic heterocycles. The molecular weight excluding hydrogens is 355 g/mol. The summed E-state index contributed by atoms with van der Waals surface area (Å²) in [5.41, 5.74) is 0. The van der Waals surface area contributed by atoms with Gasteiger partial charge < -0.3 is 0 Å². The van der Waals surface area contributed by atoms with Gasteiger partial charge in [-0.2, -0.15) is 8.42 Å². The van der Waals surface area contributed by atoms with Crippen molar-refractivity contribution < 1.29 is 12.6 Å². The van der Waals surface area contributed by atoms with Crippen LogP contribution in [-0.4, -0.2) is 44.6 Å². The summed E-state index contributed by atoms with van der Waals surface area (Å²) < 4.78 is 30.2. The van der Waals surface area contributed by atoms with E-state index in [1.54, 1.807) is 12.1 Å². The van der Waals surface area contributed by atoms with Crippen LogP contribution in [0.15, 0.2) is 47.4 Å². The zero-order valence-electron chi connectivity index (χ0n) is 16.2. The summed E-state index contributed by atoms with van der Waals surface area (Å²) in [6.07, 6.45) is 10.8. The van der Waals surface area contributed by atoms with Crippen molar-refractivity contribution in [1.29, 1.82) is 0 Å². The van der Waals surface area contributed by atoms with Crippen LogP contribution in [0.4, 0.5) is 0 Å². The molecule has 0 aromatic heterocycles. The predicted molar refractivity (Wildman–Crippen MR) is 110 cm³/mol. The average molecular weight is 386 g/mol. The van der Waals surface area contributed by atoms with Gasteiger partial charge in [-0.3, -0.25) is 4.18 Å². The molecule has 5 heteroatoms. The predicted octanol–water partition coefficient (Wildman–Crippen LogP) is 5.70. The average Bonchev–Trinajstić information content (AvgIpc) is 2.62. The molecule has 0 saturated carbocycles. The molecule has 2 rings (SSSR count). The Morgan fingerprint density at radius 1 is 0.769 bits per heavy atom. The third kappa shape index (κ3) is 7.69. The summed E-state index contributed by atoms with van der Waals surface area (Å²) in [7, 11) is -3.69. The molecule has 139 valence electrons. The van der Waals surface area contributed by atoms with Crippen LogP contribution >= 0.6 is 0 Å². The summed E-state index contributed by atoms with van der Waals surface area (Å²) in [5.74, 6) is 0. The van der Waals surface area contributed by atoms with E-state index in [0.717, 1.165) is 30.0 Å². The van der Waals surface area contributed by atoms with Crippen LogP contribution in [0.2, 0.25) is 0 Å². The van der Waals surface area contributed by atoms with Crippen molar-refractivity contribution in [2.24, 2.45) is 0 Å². The van der Waals surface area contributed by atoms with E-state index in [-0.39, 0.29) is 41.1 Å². The first kappa shape index (κ1) is 23.6. The monoisotopic (exact) mass is 385 g/mol. The molecule has 0 atom stereocenters. The van der Waals surface area contributed by atoms with E-state index in [2.05, 4.69) is 6.92 Å². The van der Waals surface area contributed by atoms with Crippen LogP contribution < -0.4 is 0 Å². The van der Waals surface area contributed by atoms with Crippen LogP contribution in [-0.2, 0) is 14.3 Å². The SMILES string of the molecule is CCCCCCCCCCCOS(=O)(=O)c1cccc2ccccc12.[Na]. The number of hydrogen-bond acceptors (Lipinski definition) is 3. The maximum Gasteiger partial charge on any atom is 0.297 e. The van der Waals surface area contributed by atoms with Gasteiger partial charge in [0.25, 0.3) is 10.1 Å². The van der Waals surface area contributed by atoms with Crippen LogP contribution in [0.25, 0.3) is 10.8 Å². The third-order valence-corrected chi connectivity index (χ3v) is 5.88. The van der Waals surface area contributed by atoms with Gasteiger partial charge in [0.1, 0.15) is 4.90 Å². The molecule has 0 fully saturated rings. The first-order valence-corrected chi connectivity index (χ1v) is 10.9. The molecule has 0 unspecified atom stereocenters. The van der Waals surface area contributed by atoms with E-state index < -0.39 is 10.1 Å².